The molecule has 1 N–H and O–H groups in total. The Morgan fingerprint density at radius 1 is 1.32 bits per heavy atom. The van der Waals surface area contributed by atoms with E-state index < -0.39 is 0 Å². The molecule has 0 unspecified atom stereocenters. The summed E-state index contributed by atoms with van der Waals surface area (Å²) in [6.45, 7) is 0. The molecule has 6 heteroatoms. The third kappa shape index (κ3) is 3.24. The Morgan fingerprint density at radius 2 is 2.05 bits per heavy atom. The lowest BCUT2D eigenvalue weighted by Crippen LogP contribution is -2.17. The highest BCUT2D eigenvalue weighted by Crippen LogP contribution is 2.23. The molecule has 0 radical (unpaired) electrons. The van der Waals surface area contributed by atoms with Gasteiger partial charge in [-0.15, -0.1) is 0 Å². The summed E-state index contributed by atoms with van der Waals surface area (Å²) in [6, 6.07) is 7.89. The smallest absolute Gasteiger partial charge is 0.255 e. The molecule has 19 heavy (non-hydrogen) atoms. The number of carbonyl (C=O) groups excluding carboxylic acids is 1. The quantitative estimate of drug-likeness (QED) is 0.913. The van der Waals surface area contributed by atoms with E-state index in [4.69, 9.17) is 11.6 Å². The van der Waals surface area contributed by atoms with Gasteiger partial charge in [0.2, 0.25) is 5.56 Å². The second kappa shape index (κ2) is 5.59. The highest BCUT2D eigenvalue weighted by molar-refractivity contribution is 9.10. The van der Waals surface area contributed by atoms with E-state index in [0.717, 1.165) is 4.47 Å². The lowest BCUT2D eigenvalue weighted by Gasteiger charge is -2.07. The fourth-order valence-electron chi connectivity index (χ4n) is 1.51. The number of nitrogens with one attached hydrogen (secondary N) is 1. The van der Waals surface area contributed by atoms with Crippen LogP contribution >= 0.6 is 27.5 Å². The fraction of sp³-hybridized carbons (Fsp3) is 0.0769. The molecular formula is C13H10BrClN2O2. The molecule has 98 valence electrons. The van der Waals surface area contributed by atoms with Gasteiger partial charge in [0.15, 0.2) is 0 Å². The lowest BCUT2D eigenvalue weighted by atomic mass is 10.2. The molecule has 1 aromatic carbocycles. The highest BCUT2D eigenvalue weighted by atomic mass is 79.9. The second-order valence-electron chi connectivity index (χ2n) is 3.95. The van der Waals surface area contributed by atoms with Crippen LogP contribution in [0.2, 0.25) is 5.02 Å². The molecule has 0 saturated heterocycles. The van der Waals surface area contributed by atoms with Crippen LogP contribution in [0.5, 0.6) is 0 Å². The van der Waals surface area contributed by atoms with Crippen molar-refractivity contribution in [1.82, 2.24) is 4.57 Å². The summed E-state index contributed by atoms with van der Waals surface area (Å²) in [5.74, 6) is -0.284. The molecule has 1 amide bonds. The number of hydrogen-bond donors (Lipinski definition) is 1. The zero-order chi connectivity index (χ0) is 14.0. The molecule has 2 aromatic rings. The van der Waals surface area contributed by atoms with Crippen LogP contribution in [0.4, 0.5) is 5.69 Å². The highest BCUT2D eigenvalue weighted by Gasteiger charge is 2.08. The first-order valence-electron chi connectivity index (χ1n) is 5.40. The number of benzene rings is 1. The number of amides is 1. The van der Waals surface area contributed by atoms with Crippen molar-refractivity contribution < 1.29 is 4.79 Å². The zero-order valence-corrected chi connectivity index (χ0v) is 12.3. The Labute approximate surface area is 123 Å². The molecule has 0 atom stereocenters. The third-order valence-electron chi connectivity index (χ3n) is 2.53. The van der Waals surface area contributed by atoms with Crippen LogP contribution in [0.15, 0.2) is 45.8 Å². The predicted octanol–water partition coefficient (Wildman–Crippen LogP) is 3.05. The Morgan fingerprint density at radius 3 is 2.68 bits per heavy atom. The molecule has 4 nitrogen and oxygen atoms in total. The largest absolute Gasteiger partial charge is 0.321 e. The molecule has 0 aliphatic rings. The van der Waals surface area contributed by atoms with E-state index in [-0.39, 0.29) is 11.5 Å². The van der Waals surface area contributed by atoms with Crippen LogP contribution in [-0.4, -0.2) is 10.5 Å². The van der Waals surface area contributed by atoms with Crippen LogP contribution in [0, 0.1) is 0 Å². The standard InChI is InChI=1S/C13H10BrClN2O2/c1-17-7-9(3-5-12(17)18)16-13(19)8-2-4-10(14)11(15)6-8/h2-7H,1H3,(H,16,19). The van der Waals surface area contributed by atoms with E-state index in [1.54, 1.807) is 37.5 Å². The van der Waals surface area contributed by atoms with Crippen LogP contribution in [0.1, 0.15) is 10.4 Å². The van der Waals surface area contributed by atoms with E-state index in [0.29, 0.717) is 16.3 Å². The number of aryl methyl sites for hydroxylation is 1. The minimum atomic E-state index is -0.284. The maximum Gasteiger partial charge on any atom is 0.255 e. The monoisotopic (exact) mass is 340 g/mol. The van der Waals surface area contributed by atoms with Gasteiger partial charge in [0.05, 0.1) is 10.7 Å². The summed E-state index contributed by atoms with van der Waals surface area (Å²) in [5.41, 5.74) is 0.859. The molecular weight excluding hydrogens is 332 g/mol. The summed E-state index contributed by atoms with van der Waals surface area (Å²) in [4.78, 5) is 23.2. The van der Waals surface area contributed by atoms with Gasteiger partial charge in [-0.05, 0) is 40.2 Å². The van der Waals surface area contributed by atoms with Crippen molar-refractivity contribution in [3.63, 3.8) is 0 Å². The van der Waals surface area contributed by atoms with Crippen molar-refractivity contribution in [2.24, 2.45) is 7.05 Å². The average Bonchev–Trinajstić information content (AvgIpc) is 2.37. The Kier molecular flexibility index (Phi) is 4.07. The van der Waals surface area contributed by atoms with Crippen LogP contribution < -0.4 is 10.9 Å². The summed E-state index contributed by atoms with van der Waals surface area (Å²) >= 11 is 9.20. The van der Waals surface area contributed by atoms with Crippen LogP contribution in [0.3, 0.4) is 0 Å². The van der Waals surface area contributed by atoms with Crippen molar-refractivity contribution in [1.29, 1.82) is 0 Å². The van der Waals surface area contributed by atoms with Crippen LogP contribution in [-0.2, 0) is 7.05 Å². The Balaban J connectivity index is 2.22. The summed E-state index contributed by atoms with van der Waals surface area (Å²) < 4.78 is 2.12. The van der Waals surface area contributed by atoms with Gasteiger partial charge in [-0.25, -0.2) is 0 Å². The number of nitrogens with zero attached hydrogens (tertiary/aromatic N) is 1. The van der Waals surface area contributed by atoms with Crippen molar-refractivity contribution in [2.45, 2.75) is 0 Å². The molecule has 0 spiro atoms. The molecule has 0 saturated carbocycles. The van der Waals surface area contributed by atoms with E-state index in [1.807, 2.05) is 0 Å². The number of hydrogen-bond acceptors (Lipinski definition) is 2. The minimum Gasteiger partial charge on any atom is -0.321 e. The maximum atomic E-state index is 12.0. The molecule has 1 aromatic heterocycles. The fourth-order valence-corrected chi connectivity index (χ4v) is 1.94. The summed E-state index contributed by atoms with van der Waals surface area (Å²) in [6.07, 6.45) is 1.56. The molecule has 0 fully saturated rings. The van der Waals surface area contributed by atoms with Gasteiger partial charge in [0, 0.05) is 29.3 Å². The first kappa shape index (κ1) is 13.8. The van der Waals surface area contributed by atoms with Gasteiger partial charge in [-0.1, -0.05) is 11.6 Å². The summed E-state index contributed by atoms with van der Waals surface area (Å²) in [5, 5.41) is 3.17. The average molecular weight is 342 g/mol. The topological polar surface area (TPSA) is 51.1 Å². The third-order valence-corrected chi connectivity index (χ3v) is 3.76. The number of pyridine rings is 1. The van der Waals surface area contributed by atoms with E-state index in [2.05, 4.69) is 21.2 Å². The number of aromatic nitrogens is 1. The summed E-state index contributed by atoms with van der Waals surface area (Å²) in [7, 11) is 1.62. The van der Waals surface area contributed by atoms with Crippen molar-refractivity contribution >= 4 is 39.1 Å². The number of halogens is 2. The van der Waals surface area contributed by atoms with Crippen molar-refractivity contribution in [3.05, 3.63) is 61.9 Å². The van der Waals surface area contributed by atoms with Gasteiger partial charge < -0.3 is 9.88 Å². The number of anilines is 1. The predicted molar refractivity (Wildman–Crippen MR) is 78.8 cm³/mol. The van der Waals surface area contributed by atoms with E-state index in [9.17, 15) is 9.59 Å². The Hall–Kier alpha value is -1.59. The van der Waals surface area contributed by atoms with Crippen molar-refractivity contribution in [3.8, 4) is 0 Å². The van der Waals surface area contributed by atoms with Gasteiger partial charge in [0.25, 0.3) is 5.91 Å². The van der Waals surface area contributed by atoms with Gasteiger partial charge in [0.1, 0.15) is 0 Å². The first-order chi connectivity index (χ1) is 8.97. The van der Waals surface area contributed by atoms with Gasteiger partial charge in [-0.3, -0.25) is 9.59 Å². The molecule has 2 rings (SSSR count). The first-order valence-corrected chi connectivity index (χ1v) is 6.57. The van der Waals surface area contributed by atoms with E-state index in [1.165, 1.54) is 10.6 Å². The normalized spacial score (nSPS) is 10.3. The molecule has 0 aliphatic heterocycles. The van der Waals surface area contributed by atoms with Gasteiger partial charge in [-0.2, -0.15) is 0 Å². The van der Waals surface area contributed by atoms with Gasteiger partial charge >= 0.3 is 0 Å². The van der Waals surface area contributed by atoms with Crippen molar-refractivity contribution in [2.75, 3.05) is 5.32 Å². The second-order valence-corrected chi connectivity index (χ2v) is 5.21. The molecule has 0 bridgehead atoms. The van der Waals surface area contributed by atoms with E-state index >= 15 is 0 Å². The zero-order valence-electron chi connectivity index (χ0n) is 9.98. The number of carbonyl (C=O) groups is 1. The molecule has 1 heterocycles. The SMILES string of the molecule is Cn1cc(NC(=O)c2ccc(Br)c(Cl)c2)ccc1=O. The minimum absolute atomic E-state index is 0.135. The maximum absolute atomic E-state index is 12.0. The van der Waals surface area contributed by atoms with Crippen LogP contribution in [0.25, 0.3) is 0 Å². The number of rotatable bonds is 2. The Bertz CT molecular complexity index is 697. The lowest BCUT2D eigenvalue weighted by molar-refractivity contribution is 0.102. The molecule has 0 aliphatic carbocycles.